The average molecular weight is 433 g/mol. The predicted molar refractivity (Wildman–Crippen MR) is 125 cm³/mol. The highest BCUT2D eigenvalue weighted by Gasteiger charge is 2.20. The lowest BCUT2D eigenvalue weighted by Gasteiger charge is -2.15. The molecule has 0 spiro atoms. The Labute approximate surface area is 185 Å². The van der Waals surface area contributed by atoms with Gasteiger partial charge in [0.25, 0.3) is 5.91 Å². The molecule has 3 N–H and O–H groups in total. The molecule has 0 radical (unpaired) electrons. The van der Waals surface area contributed by atoms with Crippen LogP contribution in [0.5, 0.6) is 0 Å². The maximum absolute atomic E-state index is 12.7. The zero-order valence-corrected chi connectivity index (χ0v) is 18.3. The summed E-state index contributed by atoms with van der Waals surface area (Å²) in [5.74, 6) is 1.14. The number of carbonyl (C=O) groups excluding carboxylic acids is 1. The molecule has 1 amide bonds. The smallest absolute Gasteiger partial charge is 0.256 e. The normalized spacial score (nSPS) is 12.0. The van der Waals surface area contributed by atoms with Crippen LogP contribution in [0, 0.1) is 0 Å². The van der Waals surface area contributed by atoms with Crippen LogP contribution in [0.1, 0.15) is 15.9 Å². The molecule has 0 unspecified atom stereocenters. The quantitative estimate of drug-likeness (QED) is 0.464. The molecule has 0 fully saturated rings. The van der Waals surface area contributed by atoms with Crippen LogP contribution in [0.15, 0.2) is 60.2 Å². The Morgan fingerprint density at radius 2 is 1.87 bits per heavy atom. The first kappa shape index (κ1) is 20.9. The van der Waals surface area contributed by atoms with Crippen molar-refractivity contribution in [3.8, 4) is 11.4 Å². The van der Waals surface area contributed by atoms with Crippen LogP contribution in [0.4, 0.5) is 5.82 Å². The van der Waals surface area contributed by atoms with Gasteiger partial charge in [-0.3, -0.25) is 9.78 Å². The van der Waals surface area contributed by atoms with Crippen LogP contribution in [-0.4, -0.2) is 52.4 Å². The molecule has 4 rings (SSSR count). The Kier molecular flexibility index (Phi) is 6.20. The predicted octanol–water partition coefficient (Wildman–Crippen LogP) is 3.44. The van der Waals surface area contributed by atoms with Crippen LogP contribution < -0.4 is 11.1 Å². The van der Waals surface area contributed by atoms with E-state index in [-0.39, 0.29) is 11.9 Å². The zero-order chi connectivity index (χ0) is 21.8. The Bertz CT molecular complexity index is 1180. The fourth-order valence-electron chi connectivity index (χ4n) is 3.28. The number of nitrogens with zero attached hydrogens (tertiary/aromatic N) is 4. The van der Waals surface area contributed by atoms with E-state index < -0.39 is 0 Å². The fourth-order valence-corrected chi connectivity index (χ4v) is 4.22. The van der Waals surface area contributed by atoms with Crippen LogP contribution in [-0.2, 0) is 6.42 Å². The molecule has 0 saturated heterocycles. The second kappa shape index (κ2) is 9.20. The number of nitrogens with two attached hydrogens (primary N) is 1. The van der Waals surface area contributed by atoms with E-state index in [0.29, 0.717) is 29.3 Å². The molecule has 3 heterocycles. The molecule has 158 valence electrons. The third-order valence-electron chi connectivity index (χ3n) is 4.86. The van der Waals surface area contributed by atoms with Crippen molar-refractivity contribution in [1.29, 1.82) is 0 Å². The Morgan fingerprint density at radius 3 is 2.58 bits per heavy atom. The summed E-state index contributed by atoms with van der Waals surface area (Å²) in [5.41, 5.74) is 9.61. The summed E-state index contributed by atoms with van der Waals surface area (Å²) in [6, 6.07) is 13.8. The van der Waals surface area contributed by atoms with Crippen molar-refractivity contribution in [3.63, 3.8) is 0 Å². The van der Waals surface area contributed by atoms with Crippen LogP contribution in [0.3, 0.4) is 0 Å². The summed E-state index contributed by atoms with van der Waals surface area (Å²) in [4.78, 5) is 27.8. The molecule has 0 aliphatic heterocycles. The SMILES string of the molecule is CN(C)C(=O)c1csc2c(NC[C@@H](N)Cc3ccccc3)nc(-c3ccncc3)nc12. The van der Waals surface area contributed by atoms with E-state index >= 15 is 0 Å². The minimum Gasteiger partial charge on any atom is -0.367 e. The molecular formula is C23H24N6OS. The third kappa shape index (κ3) is 4.70. The second-order valence-corrected chi connectivity index (χ2v) is 8.37. The summed E-state index contributed by atoms with van der Waals surface area (Å²) < 4.78 is 0.843. The van der Waals surface area contributed by atoms with Gasteiger partial charge in [0, 0.05) is 50.0 Å². The van der Waals surface area contributed by atoms with Crippen LogP contribution >= 0.6 is 11.3 Å². The van der Waals surface area contributed by atoms with Gasteiger partial charge in [0.2, 0.25) is 0 Å². The van der Waals surface area contributed by atoms with E-state index in [0.717, 1.165) is 16.7 Å². The molecule has 31 heavy (non-hydrogen) atoms. The first-order valence-electron chi connectivity index (χ1n) is 9.97. The van der Waals surface area contributed by atoms with E-state index in [1.807, 2.05) is 35.7 Å². The monoisotopic (exact) mass is 432 g/mol. The lowest BCUT2D eigenvalue weighted by Crippen LogP contribution is -2.31. The fraction of sp³-hybridized carbons (Fsp3) is 0.217. The number of anilines is 1. The van der Waals surface area contributed by atoms with Gasteiger partial charge in [0.05, 0.1) is 10.3 Å². The summed E-state index contributed by atoms with van der Waals surface area (Å²) in [6.07, 6.45) is 4.16. The first-order valence-corrected chi connectivity index (χ1v) is 10.9. The molecule has 3 aromatic heterocycles. The zero-order valence-electron chi connectivity index (χ0n) is 17.4. The van der Waals surface area contributed by atoms with Crippen LogP contribution in [0.2, 0.25) is 0 Å². The van der Waals surface area contributed by atoms with Crippen molar-refractivity contribution in [3.05, 3.63) is 71.4 Å². The van der Waals surface area contributed by atoms with E-state index in [1.54, 1.807) is 31.4 Å². The summed E-state index contributed by atoms with van der Waals surface area (Å²) >= 11 is 1.46. The number of carbonyl (C=O) groups is 1. The van der Waals surface area contributed by atoms with E-state index in [1.165, 1.54) is 16.9 Å². The van der Waals surface area contributed by atoms with E-state index in [4.69, 9.17) is 15.7 Å². The van der Waals surface area contributed by atoms with Gasteiger partial charge < -0.3 is 16.0 Å². The summed E-state index contributed by atoms with van der Waals surface area (Å²) in [5, 5.41) is 5.23. The van der Waals surface area contributed by atoms with Gasteiger partial charge in [-0.25, -0.2) is 9.97 Å². The van der Waals surface area contributed by atoms with E-state index in [2.05, 4.69) is 22.4 Å². The lowest BCUT2D eigenvalue weighted by molar-refractivity contribution is 0.0829. The number of rotatable bonds is 7. The molecule has 1 atom stereocenters. The summed E-state index contributed by atoms with van der Waals surface area (Å²) in [6.45, 7) is 0.547. The number of pyridine rings is 1. The number of hydrogen-bond acceptors (Lipinski definition) is 7. The third-order valence-corrected chi connectivity index (χ3v) is 5.84. The maximum Gasteiger partial charge on any atom is 0.256 e. The standard InChI is InChI=1S/C23H24N6OS/c1-29(2)23(30)18-14-31-20-19(18)27-21(16-8-10-25-11-9-16)28-22(20)26-13-17(24)12-15-6-4-3-5-7-15/h3-11,14,17H,12-13,24H2,1-2H3,(H,26,27,28)/t17-/m0/s1. The number of nitrogens with one attached hydrogen (secondary N) is 1. The molecule has 0 aliphatic carbocycles. The second-order valence-electron chi connectivity index (χ2n) is 7.49. The van der Waals surface area contributed by atoms with Crippen LogP contribution in [0.25, 0.3) is 21.6 Å². The maximum atomic E-state index is 12.7. The minimum absolute atomic E-state index is 0.0837. The molecule has 7 nitrogen and oxygen atoms in total. The van der Waals surface area contributed by atoms with Crippen molar-refractivity contribution in [2.45, 2.75) is 12.5 Å². The van der Waals surface area contributed by atoms with Gasteiger partial charge in [-0.1, -0.05) is 30.3 Å². The summed E-state index contributed by atoms with van der Waals surface area (Å²) in [7, 11) is 3.47. The molecule has 0 aliphatic rings. The highest BCUT2D eigenvalue weighted by molar-refractivity contribution is 7.18. The lowest BCUT2D eigenvalue weighted by atomic mass is 10.1. The molecular weight excluding hydrogens is 408 g/mol. The Morgan fingerprint density at radius 1 is 1.13 bits per heavy atom. The van der Waals surface area contributed by atoms with Crippen molar-refractivity contribution in [2.75, 3.05) is 26.0 Å². The van der Waals surface area contributed by atoms with Crippen molar-refractivity contribution >= 4 is 33.3 Å². The van der Waals surface area contributed by atoms with Crippen molar-refractivity contribution in [2.24, 2.45) is 5.73 Å². The van der Waals surface area contributed by atoms with Crippen molar-refractivity contribution < 1.29 is 4.79 Å². The molecule has 1 aromatic carbocycles. The minimum atomic E-state index is -0.0858. The molecule has 8 heteroatoms. The van der Waals surface area contributed by atoms with Gasteiger partial charge in [0.1, 0.15) is 11.3 Å². The number of aromatic nitrogens is 3. The Hall–Kier alpha value is -3.36. The van der Waals surface area contributed by atoms with Gasteiger partial charge in [-0.2, -0.15) is 0 Å². The van der Waals surface area contributed by atoms with Crippen molar-refractivity contribution in [1.82, 2.24) is 19.9 Å². The van der Waals surface area contributed by atoms with Gasteiger partial charge >= 0.3 is 0 Å². The molecule has 4 aromatic rings. The number of thiophene rings is 1. The number of benzene rings is 1. The van der Waals surface area contributed by atoms with Gasteiger partial charge in [0.15, 0.2) is 5.82 Å². The first-order chi connectivity index (χ1) is 15.0. The molecule has 0 saturated carbocycles. The topological polar surface area (TPSA) is 97.0 Å². The van der Waals surface area contributed by atoms with Gasteiger partial charge in [-0.05, 0) is 24.1 Å². The number of fused-ring (bicyclic) bond motifs is 1. The highest BCUT2D eigenvalue weighted by Crippen LogP contribution is 2.32. The molecule has 0 bridgehead atoms. The van der Waals surface area contributed by atoms with Gasteiger partial charge in [-0.15, -0.1) is 11.3 Å². The van der Waals surface area contributed by atoms with E-state index in [9.17, 15) is 4.79 Å². The highest BCUT2D eigenvalue weighted by atomic mass is 32.1. The average Bonchev–Trinajstić information content (AvgIpc) is 3.22. The number of amides is 1. The number of hydrogen-bond donors (Lipinski definition) is 2. The largest absolute Gasteiger partial charge is 0.367 e. The Balaban J connectivity index is 1.67.